The van der Waals surface area contributed by atoms with Crippen LogP contribution in [0, 0.1) is 18.6 Å². The zero-order chi connectivity index (χ0) is 30.4. The molecule has 0 atom stereocenters. The minimum absolute atomic E-state index is 0.0129. The fourth-order valence-electron chi connectivity index (χ4n) is 5.29. The van der Waals surface area contributed by atoms with Gasteiger partial charge in [-0.2, -0.15) is 5.10 Å². The first-order valence-corrected chi connectivity index (χ1v) is 13.6. The number of H-pyrrole nitrogens is 1. The molecule has 0 fully saturated rings. The number of carbonyl (C=O) groups is 2. The molecule has 0 bridgehead atoms. The second kappa shape index (κ2) is 11.0. The highest BCUT2D eigenvalue weighted by Crippen LogP contribution is 2.31. The number of nitrogens with two attached hydrogens (primary N) is 1. The van der Waals surface area contributed by atoms with E-state index in [2.05, 4.69) is 20.0 Å². The normalized spacial score (nSPS) is 13.2. The smallest absolute Gasteiger partial charge is 0.236 e. The van der Waals surface area contributed by atoms with E-state index in [1.165, 1.54) is 29.2 Å². The highest BCUT2D eigenvalue weighted by molar-refractivity contribution is 6.12. The summed E-state index contributed by atoms with van der Waals surface area (Å²) < 4.78 is 34.8. The van der Waals surface area contributed by atoms with Gasteiger partial charge in [0.15, 0.2) is 11.6 Å². The molecule has 0 aliphatic carbocycles. The lowest BCUT2D eigenvalue weighted by atomic mass is 9.96. The number of benzene rings is 2. The summed E-state index contributed by atoms with van der Waals surface area (Å²) in [4.78, 5) is 36.8. The number of nitrogens with zero attached hydrogens (tertiary/aromatic N) is 5. The fraction of sp³-hybridized carbons (Fsp3) is 0.226. The van der Waals surface area contributed by atoms with Crippen LogP contribution in [0.3, 0.4) is 0 Å². The fourth-order valence-corrected chi connectivity index (χ4v) is 5.29. The number of halogens is 2. The van der Waals surface area contributed by atoms with Crippen molar-refractivity contribution in [1.82, 2.24) is 29.5 Å². The molecule has 3 N–H and O–H groups in total. The summed E-state index contributed by atoms with van der Waals surface area (Å²) in [5, 5.41) is 5.29. The first-order valence-electron chi connectivity index (χ1n) is 13.6. The topological polar surface area (TPSA) is 122 Å². The third-order valence-corrected chi connectivity index (χ3v) is 7.65. The Hall–Kier alpha value is -5.10. The van der Waals surface area contributed by atoms with Crippen LogP contribution >= 0.6 is 0 Å². The zero-order valence-electron chi connectivity index (χ0n) is 23.8. The number of para-hydroxylation sites is 1. The SMILES string of the molecule is Cc1cc(Oc2c(F)cccc2F)ncc1-n1ncc(C(=O)c2cc3c4c(ccc3[nH]2)CN(CC(=O)N(C)C)CC4)c1N. The van der Waals surface area contributed by atoms with E-state index in [9.17, 15) is 18.4 Å². The van der Waals surface area contributed by atoms with Gasteiger partial charge in [0.1, 0.15) is 5.82 Å². The quantitative estimate of drug-likeness (QED) is 0.272. The van der Waals surface area contributed by atoms with Crippen molar-refractivity contribution in [1.29, 1.82) is 0 Å². The van der Waals surface area contributed by atoms with Gasteiger partial charge in [-0.05, 0) is 54.3 Å². The third-order valence-electron chi connectivity index (χ3n) is 7.65. The minimum atomic E-state index is -0.848. The maximum Gasteiger partial charge on any atom is 0.236 e. The molecule has 2 aromatic carbocycles. The molecular formula is C31H29F2N7O3. The molecule has 4 heterocycles. The molecule has 1 aliphatic heterocycles. The van der Waals surface area contributed by atoms with Crippen molar-refractivity contribution >= 4 is 28.4 Å². The molecule has 0 saturated carbocycles. The Kier molecular flexibility index (Phi) is 7.14. The van der Waals surface area contributed by atoms with Gasteiger partial charge in [0.25, 0.3) is 0 Å². The van der Waals surface area contributed by atoms with Crippen molar-refractivity contribution in [2.24, 2.45) is 0 Å². The van der Waals surface area contributed by atoms with Gasteiger partial charge in [-0.15, -0.1) is 0 Å². The number of aromatic amines is 1. The Bertz CT molecular complexity index is 1880. The summed E-state index contributed by atoms with van der Waals surface area (Å²) in [6, 6.07) is 10.7. The van der Waals surface area contributed by atoms with Gasteiger partial charge in [-0.1, -0.05) is 12.1 Å². The molecule has 220 valence electrons. The lowest BCUT2D eigenvalue weighted by molar-refractivity contribution is -0.130. The second-order valence-electron chi connectivity index (χ2n) is 10.7. The van der Waals surface area contributed by atoms with Crippen LogP contribution in [0.4, 0.5) is 14.6 Å². The lowest BCUT2D eigenvalue weighted by Crippen LogP contribution is -2.39. The van der Waals surface area contributed by atoms with E-state index in [1.807, 2.05) is 18.2 Å². The number of rotatable bonds is 7. The van der Waals surface area contributed by atoms with E-state index in [4.69, 9.17) is 10.5 Å². The number of ether oxygens (including phenoxy) is 1. The van der Waals surface area contributed by atoms with Crippen LogP contribution in [0.1, 0.15) is 32.7 Å². The number of aryl methyl sites for hydroxylation is 1. The monoisotopic (exact) mass is 585 g/mol. The molecule has 12 heteroatoms. The standard InChI is InChI=1S/C31H29F2N7O3/c1-17-11-27(43-30-22(32)5-4-6-23(30)33)35-14-26(17)40-31(34)21(13-36-40)29(42)25-12-20-19-9-10-39(16-28(41)38(2)3)15-18(19)7-8-24(20)37-25/h4-8,11-14,37H,9-10,15-16,34H2,1-3H3. The van der Waals surface area contributed by atoms with Crippen molar-refractivity contribution in [3.8, 4) is 17.3 Å². The molecule has 1 aliphatic rings. The number of hydrogen-bond donors (Lipinski definition) is 2. The number of hydrogen-bond acceptors (Lipinski definition) is 7. The number of aromatic nitrogens is 4. The molecule has 0 radical (unpaired) electrons. The minimum Gasteiger partial charge on any atom is -0.433 e. The number of likely N-dealkylation sites (N-methyl/N-ethyl adjacent to an activating group) is 1. The van der Waals surface area contributed by atoms with Crippen molar-refractivity contribution in [3.63, 3.8) is 0 Å². The molecule has 1 amide bonds. The molecule has 0 spiro atoms. The number of pyridine rings is 1. The first-order chi connectivity index (χ1) is 20.6. The van der Waals surface area contributed by atoms with Crippen LogP contribution in [0.2, 0.25) is 0 Å². The van der Waals surface area contributed by atoms with Crippen LogP contribution in [0.15, 0.2) is 54.9 Å². The average Bonchev–Trinajstić information content (AvgIpc) is 3.58. The van der Waals surface area contributed by atoms with Gasteiger partial charge in [-0.3, -0.25) is 14.5 Å². The summed E-state index contributed by atoms with van der Waals surface area (Å²) in [6.07, 6.45) is 3.57. The van der Waals surface area contributed by atoms with Crippen LogP contribution in [-0.4, -0.2) is 68.4 Å². The Balaban J connectivity index is 1.24. The molecule has 10 nitrogen and oxygen atoms in total. The second-order valence-corrected chi connectivity index (χ2v) is 10.7. The average molecular weight is 586 g/mol. The Morgan fingerprint density at radius 3 is 2.60 bits per heavy atom. The maximum atomic E-state index is 14.0. The summed E-state index contributed by atoms with van der Waals surface area (Å²) in [5.41, 5.74) is 11.2. The number of fused-ring (bicyclic) bond motifs is 3. The van der Waals surface area contributed by atoms with Crippen molar-refractivity contribution in [2.45, 2.75) is 19.9 Å². The molecule has 43 heavy (non-hydrogen) atoms. The van der Waals surface area contributed by atoms with Gasteiger partial charge < -0.3 is 20.4 Å². The summed E-state index contributed by atoms with van der Waals surface area (Å²) in [7, 11) is 3.50. The van der Waals surface area contributed by atoms with Gasteiger partial charge >= 0.3 is 0 Å². The summed E-state index contributed by atoms with van der Waals surface area (Å²) in [6.45, 7) is 3.50. The maximum absolute atomic E-state index is 14.0. The number of nitrogens with one attached hydrogen (secondary N) is 1. The molecule has 6 rings (SSSR count). The van der Waals surface area contributed by atoms with Gasteiger partial charge in [0.2, 0.25) is 23.3 Å². The van der Waals surface area contributed by atoms with Gasteiger partial charge in [0, 0.05) is 44.2 Å². The van der Waals surface area contributed by atoms with E-state index < -0.39 is 17.4 Å². The highest BCUT2D eigenvalue weighted by atomic mass is 19.1. The number of nitrogen functional groups attached to an aromatic ring is 1. The van der Waals surface area contributed by atoms with E-state index >= 15 is 0 Å². The molecule has 0 unspecified atom stereocenters. The van der Waals surface area contributed by atoms with E-state index in [0.717, 1.165) is 47.1 Å². The van der Waals surface area contributed by atoms with Gasteiger partial charge in [-0.25, -0.2) is 18.4 Å². The van der Waals surface area contributed by atoms with E-state index in [0.29, 0.717) is 30.0 Å². The van der Waals surface area contributed by atoms with Crippen molar-refractivity contribution in [2.75, 3.05) is 32.9 Å². The van der Waals surface area contributed by atoms with Gasteiger partial charge in [0.05, 0.1) is 35.9 Å². The number of anilines is 1. The zero-order valence-corrected chi connectivity index (χ0v) is 23.8. The van der Waals surface area contributed by atoms with Crippen molar-refractivity contribution in [3.05, 3.63) is 94.4 Å². The Morgan fingerprint density at radius 1 is 1.12 bits per heavy atom. The van der Waals surface area contributed by atoms with Crippen molar-refractivity contribution < 1.29 is 23.1 Å². The lowest BCUT2D eigenvalue weighted by Gasteiger charge is -2.29. The highest BCUT2D eigenvalue weighted by Gasteiger charge is 2.25. The predicted molar refractivity (Wildman–Crippen MR) is 156 cm³/mol. The van der Waals surface area contributed by atoms with E-state index in [1.54, 1.807) is 25.9 Å². The molecule has 3 aromatic heterocycles. The molecular weight excluding hydrogens is 556 g/mol. The third kappa shape index (κ3) is 5.21. The Morgan fingerprint density at radius 2 is 1.88 bits per heavy atom. The largest absolute Gasteiger partial charge is 0.433 e. The summed E-state index contributed by atoms with van der Waals surface area (Å²) >= 11 is 0. The van der Waals surface area contributed by atoms with Crippen LogP contribution in [0.25, 0.3) is 16.6 Å². The van der Waals surface area contributed by atoms with Crippen LogP contribution in [0.5, 0.6) is 11.6 Å². The number of carbonyl (C=O) groups excluding carboxylic acids is 2. The Labute approximate surface area is 245 Å². The van der Waals surface area contributed by atoms with Crippen LogP contribution < -0.4 is 10.5 Å². The number of ketones is 1. The first kappa shape index (κ1) is 28.0. The predicted octanol–water partition coefficient (Wildman–Crippen LogP) is 4.39. The van der Waals surface area contributed by atoms with Crippen LogP contribution in [-0.2, 0) is 17.8 Å². The molecule has 0 saturated heterocycles. The molecule has 5 aromatic rings. The number of amides is 1. The summed E-state index contributed by atoms with van der Waals surface area (Å²) in [5.74, 6) is -2.40. The van der Waals surface area contributed by atoms with E-state index in [-0.39, 0.29) is 29.0 Å².